The van der Waals surface area contributed by atoms with E-state index < -0.39 is 9.84 Å². The first-order chi connectivity index (χ1) is 13.4. The number of hydrogen-bond acceptors (Lipinski definition) is 5. The number of ether oxygens (including phenoxy) is 1. The van der Waals surface area contributed by atoms with Gasteiger partial charge in [0.2, 0.25) is 5.91 Å². The Kier molecular flexibility index (Phi) is 5.33. The van der Waals surface area contributed by atoms with Gasteiger partial charge in [-0.25, -0.2) is 8.42 Å². The smallest absolute Gasteiger partial charge is 0.223 e. The summed E-state index contributed by atoms with van der Waals surface area (Å²) in [6, 6.07) is 8.01. The summed E-state index contributed by atoms with van der Waals surface area (Å²) in [7, 11) is -1.22. The molecular weight excluding hydrogens is 378 g/mol. The molecule has 4 rings (SSSR count). The molecule has 0 radical (unpaired) electrons. The van der Waals surface area contributed by atoms with Crippen molar-refractivity contribution in [3.8, 4) is 5.75 Å². The largest absolute Gasteiger partial charge is 0.497 e. The molecule has 1 atom stereocenters. The summed E-state index contributed by atoms with van der Waals surface area (Å²) in [6.07, 6.45) is 2.29. The Hall–Kier alpha value is -2.06. The summed E-state index contributed by atoms with van der Waals surface area (Å²) in [6.45, 7) is 2.06. The SMILES string of the molecule is COc1ccc2[nH]c(CNC(=O)C3CCN([C@H]4CCS(=O)(=O)C4)CC3)cc2c1. The van der Waals surface area contributed by atoms with E-state index in [0.717, 1.165) is 54.7 Å². The summed E-state index contributed by atoms with van der Waals surface area (Å²) >= 11 is 0. The van der Waals surface area contributed by atoms with E-state index in [1.54, 1.807) is 7.11 Å². The Balaban J connectivity index is 1.28. The number of benzene rings is 1. The van der Waals surface area contributed by atoms with Gasteiger partial charge in [-0.3, -0.25) is 9.69 Å². The van der Waals surface area contributed by atoms with E-state index in [2.05, 4.69) is 15.2 Å². The zero-order valence-electron chi connectivity index (χ0n) is 16.1. The molecule has 0 saturated carbocycles. The van der Waals surface area contributed by atoms with Crippen LogP contribution in [0.2, 0.25) is 0 Å². The summed E-state index contributed by atoms with van der Waals surface area (Å²) in [5, 5.41) is 4.10. The number of rotatable bonds is 5. The van der Waals surface area contributed by atoms with Crippen molar-refractivity contribution in [3.63, 3.8) is 0 Å². The van der Waals surface area contributed by atoms with E-state index in [1.807, 2.05) is 24.3 Å². The Morgan fingerprint density at radius 1 is 1.25 bits per heavy atom. The molecule has 1 aromatic carbocycles. The number of piperidine rings is 1. The van der Waals surface area contributed by atoms with Gasteiger partial charge in [0.05, 0.1) is 25.2 Å². The van der Waals surface area contributed by atoms with Crippen molar-refractivity contribution in [1.82, 2.24) is 15.2 Å². The molecule has 0 bridgehead atoms. The summed E-state index contributed by atoms with van der Waals surface area (Å²) < 4.78 is 28.6. The van der Waals surface area contributed by atoms with E-state index in [1.165, 1.54) is 0 Å². The molecule has 2 aliphatic rings. The maximum atomic E-state index is 12.6. The van der Waals surface area contributed by atoms with Crippen molar-refractivity contribution in [2.45, 2.75) is 31.8 Å². The predicted octanol–water partition coefficient (Wildman–Crippen LogP) is 1.69. The number of aromatic nitrogens is 1. The first-order valence-electron chi connectivity index (χ1n) is 9.81. The molecule has 2 fully saturated rings. The number of hydrogen-bond donors (Lipinski definition) is 2. The lowest BCUT2D eigenvalue weighted by Crippen LogP contribution is -2.45. The number of amides is 1. The van der Waals surface area contributed by atoms with Crippen LogP contribution < -0.4 is 10.1 Å². The Morgan fingerprint density at radius 2 is 2.04 bits per heavy atom. The molecule has 7 nitrogen and oxygen atoms in total. The second-order valence-electron chi connectivity index (χ2n) is 7.83. The molecule has 2 aromatic rings. The number of methoxy groups -OCH3 is 1. The first-order valence-corrected chi connectivity index (χ1v) is 11.6. The van der Waals surface area contributed by atoms with Gasteiger partial charge in [-0.15, -0.1) is 0 Å². The van der Waals surface area contributed by atoms with Crippen LogP contribution in [0.15, 0.2) is 24.3 Å². The van der Waals surface area contributed by atoms with Gasteiger partial charge in [-0.1, -0.05) is 0 Å². The van der Waals surface area contributed by atoms with Gasteiger partial charge in [-0.05, 0) is 56.6 Å². The number of sulfone groups is 1. The fourth-order valence-corrected chi connectivity index (χ4v) is 6.07. The lowest BCUT2D eigenvalue weighted by Gasteiger charge is -2.34. The van der Waals surface area contributed by atoms with Crippen LogP contribution in [-0.2, 0) is 21.2 Å². The fraction of sp³-hybridized carbons (Fsp3) is 0.550. The van der Waals surface area contributed by atoms with Crippen molar-refractivity contribution in [2.75, 3.05) is 31.7 Å². The number of aromatic amines is 1. The fourth-order valence-electron chi connectivity index (χ4n) is 4.31. The second-order valence-corrected chi connectivity index (χ2v) is 10.1. The van der Waals surface area contributed by atoms with Crippen molar-refractivity contribution >= 4 is 26.6 Å². The number of carbonyl (C=O) groups excluding carboxylic acids is 1. The van der Waals surface area contributed by atoms with Crippen LogP contribution in [-0.4, -0.2) is 62.0 Å². The topological polar surface area (TPSA) is 91.5 Å². The van der Waals surface area contributed by atoms with Crippen molar-refractivity contribution in [3.05, 3.63) is 30.0 Å². The first kappa shape index (κ1) is 19.3. The number of carbonyl (C=O) groups is 1. The molecule has 28 heavy (non-hydrogen) atoms. The van der Waals surface area contributed by atoms with Gasteiger partial charge in [0.15, 0.2) is 9.84 Å². The molecule has 1 amide bonds. The highest BCUT2D eigenvalue weighted by molar-refractivity contribution is 7.91. The predicted molar refractivity (Wildman–Crippen MR) is 108 cm³/mol. The van der Waals surface area contributed by atoms with Gasteiger partial charge in [0.1, 0.15) is 5.75 Å². The summed E-state index contributed by atoms with van der Waals surface area (Å²) in [4.78, 5) is 18.1. The minimum absolute atomic E-state index is 0.00117. The third kappa shape index (κ3) is 4.17. The van der Waals surface area contributed by atoms with Gasteiger partial charge < -0.3 is 15.0 Å². The Bertz CT molecular complexity index is 961. The van der Waals surface area contributed by atoms with Crippen LogP contribution in [0.25, 0.3) is 10.9 Å². The van der Waals surface area contributed by atoms with Crippen LogP contribution >= 0.6 is 0 Å². The van der Waals surface area contributed by atoms with Crippen LogP contribution in [0, 0.1) is 5.92 Å². The maximum absolute atomic E-state index is 12.6. The summed E-state index contributed by atoms with van der Waals surface area (Å²) in [5.74, 6) is 1.46. The molecule has 3 heterocycles. The van der Waals surface area contributed by atoms with Gasteiger partial charge in [0.25, 0.3) is 0 Å². The van der Waals surface area contributed by atoms with Gasteiger partial charge >= 0.3 is 0 Å². The number of nitrogens with one attached hydrogen (secondary N) is 2. The zero-order chi connectivity index (χ0) is 19.7. The molecule has 0 aliphatic carbocycles. The third-order valence-corrected chi connectivity index (χ3v) is 7.71. The quantitative estimate of drug-likeness (QED) is 0.790. The molecule has 152 valence electrons. The zero-order valence-corrected chi connectivity index (χ0v) is 16.9. The molecule has 2 aliphatic heterocycles. The number of nitrogens with zero attached hydrogens (tertiary/aromatic N) is 1. The highest BCUT2D eigenvalue weighted by atomic mass is 32.2. The van der Waals surface area contributed by atoms with Crippen LogP contribution in [0.5, 0.6) is 5.75 Å². The van der Waals surface area contributed by atoms with E-state index in [9.17, 15) is 13.2 Å². The average molecular weight is 406 g/mol. The normalized spacial score (nSPS) is 23.1. The molecule has 1 aromatic heterocycles. The van der Waals surface area contributed by atoms with Crippen LogP contribution in [0.1, 0.15) is 25.0 Å². The number of fused-ring (bicyclic) bond motifs is 1. The molecule has 8 heteroatoms. The minimum atomic E-state index is -2.86. The lowest BCUT2D eigenvalue weighted by molar-refractivity contribution is -0.126. The molecule has 2 N–H and O–H groups in total. The molecule has 0 spiro atoms. The minimum Gasteiger partial charge on any atom is -0.497 e. The third-order valence-electron chi connectivity index (χ3n) is 5.96. The van der Waals surface area contributed by atoms with Crippen molar-refractivity contribution in [1.29, 1.82) is 0 Å². The monoisotopic (exact) mass is 405 g/mol. The van der Waals surface area contributed by atoms with Gasteiger partial charge in [-0.2, -0.15) is 0 Å². The Labute approximate surface area is 165 Å². The highest BCUT2D eigenvalue weighted by Gasteiger charge is 2.35. The van der Waals surface area contributed by atoms with Gasteiger partial charge in [0, 0.05) is 28.6 Å². The molecular formula is C20H27N3O4S. The van der Waals surface area contributed by atoms with E-state index >= 15 is 0 Å². The van der Waals surface area contributed by atoms with Crippen LogP contribution in [0.3, 0.4) is 0 Å². The standard InChI is InChI=1S/C20H27N3O4S/c1-27-18-2-3-19-15(11-18)10-16(22-19)12-21-20(24)14-4-7-23(8-5-14)17-6-9-28(25,26)13-17/h2-3,10-11,14,17,22H,4-9,12-13H2,1H3,(H,21,24)/t17-/m0/s1. The average Bonchev–Trinajstić information content (AvgIpc) is 3.27. The highest BCUT2D eigenvalue weighted by Crippen LogP contribution is 2.25. The number of H-pyrrole nitrogens is 1. The second kappa shape index (κ2) is 7.75. The lowest BCUT2D eigenvalue weighted by atomic mass is 9.94. The van der Waals surface area contributed by atoms with Crippen LogP contribution in [0.4, 0.5) is 0 Å². The van der Waals surface area contributed by atoms with E-state index in [4.69, 9.17) is 4.74 Å². The van der Waals surface area contributed by atoms with E-state index in [-0.39, 0.29) is 23.6 Å². The number of likely N-dealkylation sites (tertiary alicyclic amines) is 1. The summed E-state index contributed by atoms with van der Waals surface area (Å²) in [5.41, 5.74) is 1.98. The maximum Gasteiger partial charge on any atom is 0.223 e. The van der Waals surface area contributed by atoms with Crippen molar-refractivity contribution in [2.24, 2.45) is 5.92 Å². The van der Waals surface area contributed by atoms with Crippen molar-refractivity contribution < 1.29 is 17.9 Å². The Morgan fingerprint density at radius 3 is 2.71 bits per heavy atom. The molecule has 2 saturated heterocycles. The van der Waals surface area contributed by atoms with E-state index in [0.29, 0.717) is 12.3 Å². The molecule has 0 unspecified atom stereocenters.